The minimum absolute atomic E-state index is 0.698. The van der Waals surface area contributed by atoms with Crippen molar-refractivity contribution in [2.75, 3.05) is 5.88 Å². The molecule has 0 aliphatic carbocycles. The average Bonchev–Trinajstić information content (AvgIpc) is 2.00. The maximum Gasteiger partial charge on any atom is 0.0249 e. The third-order valence-corrected chi connectivity index (χ3v) is 2.65. The van der Waals surface area contributed by atoms with Crippen LogP contribution in [0.25, 0.3) is 0 Å². The molecule has 0 aromatic heterocycles. The molecule has 68 valence electrons. The van der Waals surface area contributed by atoms with Crippen LogP contribution in [0.5, 0.6) is 0 Å². The van der Waals surface area contributed by atoms with Gasteiger partial charge in [-0.25, -0.2) is 0 Å². The molecule has 0 heterocycles. The lowest BCUT2D eigenvalue weighted by Gasteiger charge is -2.14. The average molecular weight is 177 g/mol. The highest BCUT2D eigenvalue weighted by Gasteiger charge is 2.06. The second kappa shape index (κ2) is 6.97. The van der Waals surface area contributed by atoms with Gasteiger partial charge in [0.2, 0.25) is 0 Å². The molecule has 0 unspecified atom stereocenters. The highest BCUT2D eigenvalue weighted by molar-refractivity contribution is 6.18. The lowest BCUT2D eigenvalue weighted by Crippen LogP contribution is -2.04. The second-order valence-electron chi connectivity index (χ2n) is 3.74. The van der Waals surface area contributed by atoms with Gasteiger partial charge in [-0.1, -0.05) is 40.0 Å². The van der Waals surface area contributed by atoms with E-state index in [0.717, 1.165) is 11.8 Å². The van der Waals surface area contributed by atoms with Crippen LogP contribution in [-0.2, 0) is 0 Å². The molecule has 0 saturated heterocycles. The summed E-state index contributed by atoms with van der Waals surface area (Å²) < 4.78 is 0. The number of alkyl halides is 1. The van der Waals surface area contributed by atoms with Crippen LogP contribution in [0.3, 0.4) is 0 Å². The van der Waals surface area contributed by atoms with Crippen molar-refractivity contribution in [2.45, 2.75) is 46.5 Å². The van der Waals surface area contributed by atoms with Gasteiger partial charge in [-0.2, -0.15) is 0 Å². The van der Waals surface area contributed by atoms with Gasteiger partial charge in [-0.3, -0.25) is 0 Å². The molecule has 0 bridgehead atoms. The topological polar surface area (TPSA) is 0 Å². The molecule has 2 atom stereocenters. The predicted molar refractivity (Wildman–Crippen MR) is 53.2 cm³/mol. The lowest BCUT2D eigenvalue weighted by atomic mass is 9.94. The summed E-state index contributed by atoms with van der Waals surface area (Å²) in [6.07, 6.45) is 5.36. The van der Waals surface area contributed by atoms with Gasteiger partial charge in [0, 0.05) is 5.88 Å². The molecule has 0 N–H and O–H groups in total. The van der Waals surface area contributed by atoms with Gasteiger partial charge in [0.05, 0.1) is 0 Å². The van der Waals surface area contributed by atoms with E-state index < -0.39 is 0 Å². The Hall–Kier alpha value is 0.290. The molecule has 0 spiro atoms. The minimum Gasteiger partial charge on any atom is -0.126 e. The molecule has 0 fully saturated rings. The minimum atomic E-state index is 0.698. The van der Waals surface area contributed by atoms with Crippen molar-refractivity contribution in [3.05, 3.63) is 0 Å². The fourth-order valence-electron chi connectivity index (χ4n) is 1.42. The molecule has 0 rings (SSSR count). The third-order valence-electron chi connectivity index (χ3n) is 2.12. The van der Waals surface area contributed by atoms with E-state index in [0.29, 0.717) is 5.92 Å². The summed E-state index contributed by atoms with van der Waals surface area (Å²) in [6, 6.07) is 0. The molecule has 11 heavy (non-hydrogen) atoms. The summed E-state index contributed by atoms with van der Waals surface area (Å²) in [5.74, 6) is 2.38. The molecule has 0 radical (unpaired) electrons. The first-order chi connectivity index (χ1) is 5.20. The number of halogens is 1. The van der Waals surface area contributed by atoms with Gasteiger partial charge in [0.1, 0.15) is 0 Å². The van der Waals surface area contributed by atoms with Gasteiger partial charge in [0.15, 0.2) is 0 Å². The Balaban J connectivity index is 3.27. The normalized spacial score (nSPS) is 16.4. The van der Waals surface area contributed by atoms with E-state index in [2.05, 4.69) is 20.8 Å². The molecular formula is C10H21Cl. The lowest BCUT2D eigenvalue weighted by molar-refractivity contribution is 0.406. The van der Waals surface area contributed by atoms with Crippen molar-refractivity contribution in [2.24, 2.45) is 11.8 Å². The molecule has 0 saturated carbocycles. The molecule has 0 amide bonds. The number of hydrogen-bond donors (Lipinski definition) is 0. The summed E-state index contributed by atoms with van der Waals surface area (Å²) in [7, 11) is 0. The van der Waals surface area contributed by atoms with Crippen molar-refractivity contribution in [1.29, 1.82) is 0 Å². The fraction of sp³-hybridized carbons (Fsp3) is 1.00. The summed E-state index contributed by atoms with van der Waals surface area (Å²) in [5.41, 5.74) is 0. The van der Waals surface area contributed by atoms with E-state index >= 15 is 0 Å². The maximum atomic E-state index is 5.73. The Labute approximate surface area is 76.3 Å². The first kappa shape index (κ1) is 11.3. The van der Waals surface area contributed by atoms with Crippen LogP contribution in [0.4, 0.5) is 0 Å². The Morgan fingerprint density at radius 3 is 2.27 bits per heavy atom. The Morgan fingerprint density at radius 1 is 1.18 bits per heavy atom. The van der Waals surface area contributed by atoms with Gasteiger partial charge < -0.3 is 0 Å². The monoisotopic (exact) mass is 176 g/mol. The van der Waals surface area contributed by atoms with Crippen LogP contribution in [0.15, 0.2) is 0 Å². The fourth-order valence-corrected chi connectivity index (χ4v) is 1.55. The second-order valence-corrected chi connectivity index (χ2v) is 4.05. The van der Waals surface area contributed by atoms with Crippen molar-refractivity contribution in [3.8, 4) is 0 Å². The third kappa shape index (κ3) is 6.68. The van der Waals surface area contributed by atoms with Crippen LogP contribution in [-0.4, -0.2) is 5.88 Å². The molecule has 0 aromatic rings. The molecule has 0 aliphatic heterocycles. The van der Waals surface area contributed by atoms with Gasteiger partial charge in [0.25, 0.3) is 0 Å². The van der Waals surface area contributed by atoms with Gasteiger partial charge in [-0.15, -0.1) is 11.6 Å². The van der Waals surface area contributed by atoms with E-state index in [4.69, 9.17) is 11.6 Å². The van der Waals surface area contributed by atoms with Crippen LogP contribution in [0.2, 0.25) is 0 Å². The molecule has 0 aromatic carbocycles. The molecule has 0 aliphatic rings. The highest BCUT2D eigenvalue weighted by atomic mass is 35.5. The van der Waals surface area contributed by atoms with E-state index in [9.17, 15) is 0 Å². The van der Waals surface area contributed by atoms with Crippen LogP contribution < -0.4 is 0 Å². The van der Waals surface area contributed by atoms with E-state index in [1.807, 2.05) is 0 Å². The smallest absolute Gasteiger partial charge is 0.0249 e. The van der Waals surface area contributed by atoms with Crippen molar-refractivity contribution < 1.29 is 0 Å². The number of rotatable bonds is 6. The van der Waals surface area contributed by atoms with Crippen LogP contribution in [0, 0.1) is 11.8 Å². The van der Waals surface area contributed by atoms with E-state index in [1.165, 1.54) is 25.7 Å². The molecule has 1 heteroatoms. The largest absolute Gasteiger partial charge is 0.126 e. The first-order valence-electron chi connectivity index (χ1n) is 4.76. The summed E-state index contributed by atoms with van der Waals surface area (Å²) in [4.78, 5) is 0. The Kier molecular flexibility index (Phi) is 7.15. The van der Waals surface area contributed by atoms with Crippen molar-refractivity contribution in [1.82, 2.24) is 0 Å². The standard InChI is InChI=1S/C10H21Cl/c1-4-5-6-9(2)7-10(3)8-11/h9-10H,4-8H2,1-3H3/t9-,10-/m0/s1. The maximum absolute atomic E-state index is 5.73. The zero-order valence-corrected chi connectivity index (χ0v) is 8.82. The van der Waals surface area contributed by atoms with Crippen molar-refractivity contribution >= 4 is 11.6 Å². The summed E-state index contributed by atoms with van der Waals surface area (Å²) in [5, 5.41) is 0. The SMILES string of the molecule is CCCC[C@H](C)C[C@H](C)CCl. The van der Waals surface area contributed by atoms with Gasteiger partial charge in [-0.05, 0) is 18.3 Å². The predicted octanol–water partition coefficient (Wildman–Crippen LogP) is 4.08. The Morgan fingerprint density at radius 2 is 1.82 bits per heavy atom. The Bertz CT molecular complexity index is 80.9. The quantitative estimate of drug-likeness (QED) is 0.535. The van der Waals surface area contributed by atoms with Crippen molar-refractivity contribution in [3.63, 3.8) is 0 Å². The van der Waals surface area contributed by atoms with E-state index in [1.54, 1.807) is 0 Å². The van der Waals surface area contributed by atoms with E-state index in [-0.39, 0.29) is 0 Å². The molecular weight excluding hydrogens is 156 g/mol. The highest BCUT2D eigenvalue weighted by Crippen LogP contribution is 2.18. The number of hydrogen-bond acceptors (Lipinski definition) is 0. The van der Waals surface area contributed by atoms with Crippen LogP contribution in [0.1, 0.15) is 46.5 Å². The van der Waals surface area contributed by atoms with Crippen LogP contribution >= 0.6 is 11.6 Å². The van der Waals surface area contributed by atoms with Gasteiger partial charge >= 0.3 is 0 Å². The first-order valence-corrected chi connectivity index (χ1v) is 5.30. The summed E-state index contributed by atoms with van der Waals surface area (Å²) in [6.45, 7) is 6.81. The zero-order valence-electron chi connectivity index (χ0n) is 8.07. The number of unbranched alkanes of at least 4 members (excludes halogenated alkanes) is 1. The summed E-state index contributed by atoms with van der Waals surface area (Å²) >= 11 is 5.73. The zero-order chi connectivity index (χ0) is 8.69. The molecule has 0 nitrogen and oxygen atoms in total.